The second-order valence-electron chi connectivity index (χ2n) is 15.3. The van der Waals surface area contributed by atoms with Crippen molar-refractivity contribution in [3.8, 4) is 17.2 Å². The summed E-state index contributed by atoms with van der Waals surface area (Å²) in [7, 11) is 3.26. The number of ketones is 2. The van der Waals surface area contributed by atoms with Crippen LogP contribution in [0.2, 0.25) is 0 Å². The molecular weight excluding hydrogens is 729 g/mol. The van der Waals surface area contributed by atoms with Gasteiger partial charge in [0.05, 0.1) is 36.2 Å². The largest absolute Gasteiger partial charge is 0.492 e. The number of piperazine rings is 1. The minimum absolute atomic E-state index is 0.00297. The third-order valence-corrected chi connectivity index (χ3v) is 14.2. The average molecular weight is 769 g/mol. The number of esters is 2. The molecule has 2 fully saturated rings. The number of carbonyl (C=O) groups excluding carboxylic acids is 4. The molecule has 0 radical (unpaired) electrons. The van der Waals surface area contributed by atoms with E-state index in [4.69, 9.17) is 23.7 Å². The van der Waals surface area contributed by atoms with Crippen molar-refractivity contribution in [3.05, 3.63) is 74.7 Å². The number of aromatic nitrogens is 1. The molecule has 286 valence electrons. The molecule has 8 aliphatic rings. The molecule has 55 heavy (non-hydrogen) atoms. The van der Waals surface area contributed by atoms with Gasteiger partial charge < -0.3 is 33.8 Å². The number of methoxy groups -OCH3 is 1. The van der Waals surface area contributed by atoms with Crippen LogP contribution in [0.15, 0.2) is 46.7 Å². The number of nitrogens with zero attached hydrogens (tertiary/aromatic N) is 2. The Morgan fingerprint density at radius 3 is 2.64 bits per heavy atom. The summed E-state index contributed by atoms with van der Waals surface area (Å²) in [6, 6.07) is 5.12. The number of carbonyl (C=O) groups is 4. The number of aliphatic hydroxyl groups excluding tert-OH is 1. The van der Waals surface area contributed by atoms with Crippen molar-refractivity contribution in [1.82, 2.24) is 20.1 Å². The highest BCUT2D eigenvalue weighted by Crippen LogP contribution is 2.62. The molecule has 14 nitrogen and oxygen atoms in total. The fourth-order valence-corrected chi connectivity index (χ4v) is 12.1. The lowest BCUT2D eigenvalue weighted by Gasteiger charge is -2.62. The minimum atomic E-state index is -1.30. The number of thioether (sulfide) groups is 1. The van der Waals surface area contributed by atoms with Crippen LogP contribution in [0.5, 0.6) is 17.2 Å². The molecule has 0 saturated carbocycles. The normalized spacial score (nSPS) is 31.3. The number of aliphatic hydroxyl groups is 1. The van der Waals surface area contributed by atoms with Crippen LogP contribution >= 0.6 is 11.8 Å². The Morgan fingerprint density at radius 1 is 1.07 bits per heavy atom. The van der Waals surface area contributed by atoms with E-state index < -0.39 is 53.1 Å². The molecule has 0 amide bonds. The van der Waals surface area contributed by atoms with Gasteiger partial charge in [-0.15, -0.1) is 11.8 Å². The molecule has 2 saturated heterocycles. The molecule has 3 aromatic rings. The zero-order valence-corrected chi connectivity index (χ0v) is 31.8. The summed E-state index contributed by atoms with van der Waals surface area (Å²) in [6.07, 6.45) is -0.343. The second kappa shape index (κ2) is 12.2. The zero-order chi connectivity index (χ0) is 38.2. The topological polar surface area (TPSA) is 169 Å². The number of fused-ring (bicyclic) bond motifs is 10. The summed E-state index contributed by atoms with van der Waals surface area (Å²) >= 11 is 1.45. The van der Waals surface area contributed by atoms with Crippen molar-refractivity contribution in [3.63, 3.8) is 0 Å². The summed E-state index contributed by atoms with van der Waals surface area (Å²) < 4.78 is 30.3. The first-order valence-electron chi connectivity index (χ1n) is 18.5. The molecule has 1 spiro atoms. The number of rotatable bonds is 2. The van der Waals surface area contributed by atoms with Crippen LogP contribution in [0.3, 0.4) is 0 Å². The number of para-hydroxylation sites is 1. The van der Waals surface area contributed by atoms with Crippen molar-refractivity contribution < 1.29 is 48.0 Å². The van der Waals surface area contributed by atoms with Crippen molar-refractivity contribution in [2.75, 3.05) is 39.9 Å². The molecule has 2 aromatic carbocycles. The third-order valence-electron chi connectivity index (χ3n) is 12.8. The van der Waals surface area contributed by atoms with E-state index in [0.717, 1.165) is 22.2 Å². The average Bonchev–Trinajstić information content (AvgIpc) is 3.82. The quantitative estimate of drug-likeness (QED) is 0.198. The molecule has 4 bridgehead atoms. The highest BCUT2D eigenvalue weighted by molar-refractivity contribution is 7.99. The van der Waals surface area contributed by atoms with Crippen LogP contribution in [-0.4, -0.2) is 108 Å². The predicted molar refractivity (Wildman–Crippen MR) is 198 cm³/mol. The van der Waals surface area contributed by atoms with Crippen molar-refractivity contribution in [2.24, 2.45) is 0 Å². The van der Waals surface area contributed by atoms with Crippen molar-refractivity contribution >= 4 is 46.2 Å². The Morgan fingerprint density at radius 2 is 1.85 bits per heavy atom. The Balaban J connectivity index is 1.23. The van der Waals surface area contributed by atoms with Gasteiger partial charge in [0, 0.05) is 69.6 Å². The summed E-state index contributed by atoms with van der Waals surface area (Å²) in [4.78, 5) is 63.7. The molecule has 7 atom stereocenters. The molecule has 1 aromatic heterocycles. The van der Waals surface area contributed by atoms with E-state index in [9.17, 15) is 24.3 Å². The highest BCUT2D eigenvalue weighted by Gasteiger charge is 2.63. The van der Waals surface area contributed by atoms with E-state index >= 15 is 0 Å². The van der Waals surface area contributed by atoms with Gasteiger partial charge in [0.15, 0.2) is 28.6 Å². The standard InChI is InChI=1S/C40H40N4O10S/c1-16-30(46)21-12-23-38(48)44-24-13-51-39(49)40(37-20(10-11-41-40)19-8-6-7-9-22(19)42-37)14-55-36(29(44)28(43(23)4)25(21)31(47)33(16)50-5)27-26(24)35-34(52-15-53-35)17(2)32(27)54-18(3)45/h6-9,23-24,28-29,36,38,41-42,48H,10-15H2,1-5H3/t23?,24-,28?,29?,36-,38+,40-/m1/s1. The molecule has 7 aliphatic heterocycles. The fourth-order valence-electron chi connectivity index (χ4n) is 10.4. The van der Waals surface area contributed by atoms with E-state index in [1.54, 1.807) is 6.92 Å². The number of ether oxygens (including phenoxy) is 5. The van der Waals surface area contributed by atoms with E-state index in [1.165, 1.54) is 25.8 Å². The van der Waals surface area contributed by atoms with Crippen LogP contribution in [-0.2, 0) is 40.6 Å². The van der Waals surface area contributed by atoms with Gasteiger partial charge in [0.2, 0.25) is 12.6 Å². The van der Waals surface area contributed by atoms with E-state index in [-0.39, 0.29) is 48.5 Å². The number of allylic oxidation sites excluding steroid dienone is 2. The summed E-state index contributed by atoms with van der Waals surface area (Å²) in [5.74, 6) is -0.372. The van der Waals surface area contributed by atoms with Crippen LogP contribution < -0.4 is 19.5 Å². The molecular formula is C40H40N4O10S. The zero-order valence-electron chi connectivity index (χ0n) is 30.9. The Hall–Kier alpha value is -4.67. The maximum absolute atomic E-state index is 14.8. The number of aromatic amines is 1. The Bertz CT molecular complexity index is 2350. The van der Waals surface area contributed by atoms with E-state index in [1.807, 2.05) is 48.0 Å². The number of H-pyrrole nitrogens is 1. The number of benzene rings is 2. The van der Waals surface area contributed by atoms with E-state index in [2.05, 4.69) is 10.3 Å². The lowest BCUT2D eigenvalue weighted by molar-refractivity contribution is -0.181. The molecule has 3 N–H and O–H groups in total. The van der Waals surface area contributed by atoms with Gasteiger partial charge in [0.1, 0.15) is 18.6 Å². The Labute approximate surface area is 320 Å². The number of Topliss-reactive ketones (excluding diaryl/α,β-unsaturated/α-hetero) is 2. The monoisotopic (exact) mass is 768 g/mol. The van der Waals surface area contributed by atoms with Crippen molar-refractivity contribution in [2.45, 2.75) is 74.8 Å². The first-order valence-corrected chi connectivity index (χ1v) is 19.6. The lowest BCUT2D eigenvalue weighted by Crippen LogP contribution is -2.73. The summed E-state index contributed by atoms with van der Waals surface area (Å²) in [6.45, 7) is 4.97. The fraction of sp³-hybridized carbons (Fsp3) is 0.450. The number of hydrogen-bond acceptors (Lipinski definition) is 14. The molecule has 8 heterocycles. The predicted octanol–water partition coefficient (Wildman–Crippen LogP) is 3.00. The lowest BCUT2D eigenvalue weighted by atomic mass is 9.70. The molecule has 3 unspecified atom stereocenters. The van der Waals surface area contributed by atoms with Gasteiger partial charge >= 0.3 is 11.9 Å². The Kier molecular flexibility index (Phi) is 7.69. The summed E-state index contributed by atoms with van der Waals surface area (Å²) in [5.41, 5.74) is 4.09. The highest BCUT2D eigenvalue weighted by atomic mass is 32.2. The first-order chi connectivity index (χ1) is 26.5. The summed E-state index contributed by atoms with van der Waals surface area (Å²) in [5, 5.41) is 16.5. The van der Waals surface area contributed by atoms with Crippen LogP contribution in [0.4, 0.5) is 0 Å². The number of nitrogens with one attached hydrogen (secondary N) is 2. The van der Waals surface area contributed by atoms with Crippen molar-refractivity contribution in [1.29, 1.82) is 0 Å². The number of hydrogen-bond donors (Lipinski definition) is 3. The smallest absolute Gasteiger partial charge is 0.333 e. The first kappa shape index (κ1) is 34.8. The van der Waals surface area contributed by atoms with Gasteiger partial charge in [-0.1, -0.05) is 18.2 Å². The van der Waals surface area contributed by atoms with Crippen LogP contribution in [0.1, 0.15) is 59.5 Å². The maximum atomic E-state index is 14.8. The third kappa shape index (κ3) is 4.52. The van der Waals surface area contributed by atoms with Gasteiger partial charge in [-0.25, -0.2) is 4.79 Å². The van der Waals surface area contributed by atoms with Gasteiger partial charge in [-0.05, 0) is 45.4 Å². The van der Waals surface area contributed by atoms with Crippen LogP contribution in [0, 0.1) is 6.92 Å². The molecule has 11 rings (SSSR count). The number of likely N-dealkylation sites (N-methyl/N-ethyl adjacent to an activating group) is 1. The van der Waals surface area contributed by atoms with Gasteiger partial charge in [-0.2, -0.15) is 0 Å². The van der Waals surface area contributed by atoms with Gasteiger partial charge in [0.25, 0.3) is 0 Å². The SMILES string of the molecule is COC1=C(C)C(=O)C2=C(C1=O)C1C3[C@@H]4SC[C@]5(NCCc6c5[nH]c5ccccc65)C(=O)OC[C@H](c5c6c(c(C)c(OC(C)=O)c54)OCO6)N3[C@@H](O)C(C2)N1C. The minimum Gasteiger partial charge on any atom is -0.492 e. The van der Waals surface area contributed by atoms with Gasteiger partial charge in [-0.3, -0.25) is 29.5 Å². The second-order valence-corrected chi connectivity index (χ2v) is 16.5. The van der Waals surface area contributed by atoms with Crippen LogP contribution in [0.25, 0.3) is 10.9 Å². The maximum Gasteiger partial charge on any atom is 0.333 e. The van der Waals surface area contributed by atoms with E-state index in [0.29, 0.717) is 58.1 Å². The molecule has 1 aliphatic carbocycles. The molecule has 15 heteroatoms.